The lowest BCUT2D eigenvalue weighted by molar-refractivity contribution is -0.274. The molecule has 2 amide bonds. The second-order valence-corrected chi connectivity index (χ2v) is 13.3. The summed E-state index contributed by atoms with van der Waals surface area (Å²) in [7, 11) is 0. The summed E-state index contributed by atoms with van der Waals surface area (Å²) >= 11 is 6.94. The highest BCUT2D eigenvalue weighted by molar-refractivity contribution is 8.15. The van der Waals surface area contributed by atoms with Crippen molar-refractivity contribution in [2.45, 2.75) is 45.8 Å². The van der Waals surface area contributed by atoms with Gasteiger partial charge in [-0.3, -0.25) is 9.69 Å². The van der Waals surface area contributed by atoms with Crippen molar-refractivity contribution in [3.8, 4) is 22.8 Å². The molecule has 1 unspecified atom stereocenters. The fraction of sp³-hybridized carbons (Fsp3) is 0.211. The molecule has 16 heteroatoms. The van der Waals surface area contributed by atoms with E-state index in [0.29, 0.717) is 22.2 Å². The second kappa shape index (κ2) is 16.9. The van der Waals surface area contributed by atoms with E-state index in [1.807, 2.05) is 86.6 Å². The molecule has 0 radical (unpaired) electrons. The number of thioether (sulfide) groups is 1. The van der Waals surface area contributed by atoms with Crippen molar-refractivity contribution in [1.29, 1.82) is 0 Å². The largest absolute Gasteiger partial charge is 0.573 e. The number of nitrogens with one attached hydrogen (secondary N) is 2. The molecule has 2 heterocycles. The Morgan fingerprint density at radius 3 is 2.43 bits per heavy atom. The van der Waals surface area contributed by atoms with Gasteiger partial charge in [0.05, 0.1) is 17.1 Å². The minimum Gasteiger partial charge on any atom is -0.445 e. The monoisotopic (exact) mass is 773 g/mol. The van der Waals surface area contributed by atoms with Gasteiger partial charge in [-0.2, -0.15) is 4.99 Å². The summed E-state index contributed by atoms with van der Waals surface area (Å²) in [6.07, 6.45) is -3.75. The van der Waals surface area contributed by atoms with E-state index in [2.05, 4.69) is 30.4 Å². The summed E-state index contributed by atoms with van der Waals surface area (Å²) in [6, 6.07) is 27.8. The Hall–Kier alpha value is -5.74. The van der Waals surface area contributed by atoms with Crippen molar-refractivity contribution in [3.05, 3.63) is 126 Å². The number of carbonyl (C=O) groups excluding carboxylic acids is 2. The number of alkyl halides is 3. The molecule has 2 N–H and O–H groups in total. The van der Waals surface area contributed by atoms with Crippen LogP contribution in [0, 0.1) is 6.92 Å². The third-order valence-corrected chi connectivity index (χ3v) is 9.30. The molecule has 5 aromatic rings. The van der Waals surface area contributed by atoms with Gasteiger partial charge in [0.2, 0.25) is 5.91 Å². The van der Waals surface area contributed by atoms with Gasteiger partial charge in [-0.25, -0.2) is 14.5 Å². The van der Waals surface area contributed by atoms with Crippen LogP contribution in [0.4, 0.5) is 23.7 Å². The topological polar surface area (TPSA) is 123 Å². The zero-order valence-electron chi connectivity index (χ0n) is 29.0. The Morgan fingerprint density at radius 2 is 1.72 bits per heavy atom. The van der Waals surface area contributed by atoms with Gasteiger partial charge in [-0.1, -0.05) is 91.5 Å². The minimum absolute atomic E-state index is 0.0653. The number of ether oxygens (including phenoxy) is 2. The molecule has 278 valence electrons. The van der Waals surface area contributed by atoms with Crippen LogP contribution in [-0.4, -0.2) is 55.3 Å². The lowest BCUT2D eigenvalue weighted by Gasteiger charge is -2.23. The van der Waals surface area contributed by atoms with Crippen LogP contribution in [0.3, 0.4) is 0 Å². The summed E-state index contributed by atoms with van der Waals surface area (Å²) < 4.78 is 48.5. The number of benzene rings is 4. The fourth-order valence-electron chi connectivity index (χ4n) is 5.65. The van der Waals surface area contributed by atoms with Gasteiger partial charge in [0.1, 0.15) is 24.8 Å². The summed E-state index contributed by atoms with van der Waals surface area (Å²) in [5, 5.41) is 10.9. The Kier molecular flexibility index (Phi) is 11.9. The number of amides is 2. The first kappa shape index (κ1) is 38.0. The quantitative estimate of drug-likeness (QED) is 0.104. The number of halogens is 3. The molecule has 1 aliphatic rings. The average Bonchev–Trinajstić information content (AvgIpc) is 3.78. The number of hydrogen-bond donors (Lipinski definition) is 2. The van der Waals surface area contributed by atoms with Crippen LogP contribution < -0.4 is 20.3 Å². The average molecular weight is 774 g/mol. The lowest BCUT2D eigenvalue weighted by Crippen LogP contribution is -2.49. The summed E-state index contributed by atoms with van der Waals surface area (Å²) in [4.78, 5) is 36.6. The first-order valence-electron chi connectivity index (χ1n) is 16.7. The molecule has 1 aromatic heterocycles. The number of anilines is 1. The van der Waals surface area contributed by atoms with Gasteiger partial charge in [0, 0.05) is 12.0 Å². The number of aryl methyl sites for hydroxylation is 2. The maximum absolute atomic E-state index is 13.1. The number of nitrogens with zero attached hydrogens (tertiary/aromatic N) is 5. The molecule has 11 nitrogen and oxygen atoms in total. The Balaban J connectivity index is 1.17. The first-order chi connectivity index (χ1) is 26.0. The van der Waals surface area contributed by atoms with Crippen LogP contribution in [-0.2, 0) is 29.0 Å². The number of para-hydroxylation sites is 1. The van der Waals surface area contributed by atoms with E-state index in [1.165, 1.54) is 47.0 Å². The maximum Gasteiger partial charge on any atom is 0.573 e. The summed E-state index contributed by atoms with van der Waals surface area (Å²) in [6.45, 7) is 4.04. The molecule has 0 spiro atoms. The first-order valence-corrected chi connectivity index (χ1v) is 18.1. The summed E-state index contributed by atoms with van der Waals surface area (Å²) in [5.74, 6) is 0.163. The molecule has 6 rings (SSSR count). The van der Waals surface area contributed by atoms with E-state index in [-0.39, 0.29) is 35.5 Å². The fourth-order valence-corrected chi connectivity index (χ4v) is 6.80. The summed E-state index contributed by atoms with van der Waals surface area (Å²) in [5.41, 5.74) is 5.56. The predicted molar refractivity (Wildman–Crippen MR) is 204 cm³/mol. The zero-order valence-corrected chi connectivity index (χ0v) is 30.7. The number of amidine groups is 1. The predicted octanol–water partition coefficient (Wildman–Crippen LogP) is 7.51. The van der Waals surface area contributed by atoms with Crippen LogP contribution in [0.25, 0.3) is 17.1 Å². The van der Waals surface area contributed by atoms with Gasteiger partial charge in [0.15, 0.2) is 16.1 Å². The molecule has 0 bridgehead atoms. The lowest BCUT2D eigenvalue weighted by atomic mass is 10.0. The highest BCUT2D eigenvalue weighted by Gasteiger charge is 2.33. The van der Waals surface area contributed by atoms with Gasteiger partial charge >= 0.3 is 12.5 Å². The number of alkyl carbamates (subject to hydrolysis) is 1. The molecule has 1 fully saturated rings. The number of rotatable bonds is 11. The van der Waals surface area contributed by atoms with E-state index in [4.69, 9.17) is 17.0 Å². The second-order valence-electron chi connectivity index (χ2n) is 12.0. The smallest absolute Gasteiger partial charge is 0.445 e. The number of hydrogen-bond acceptors (Lipinski definition) is 8. The third kappa shape index (κ3) is 9.81. The molecule has 1 atom stereocenters. The van der Waals surface area contributed by atoms with Gasteiger partial charge < -0.3 is 20.1 Å². The standard InChI is InChI=1S/C38H34F3N7O4S2/c1-3-27-11-7-8-24(2)33(27)48-32(49)22-54-36(48)45-35(53)43-31(44-37(50)51-21-26-9-5-4-6-10-26)20-25-12-14-28(15-13-25)34-42-23-47(46-34)29-16-18-30(19-17-29)52-38(39,40)41/h4-19,23,31H,3,20-22H2,1-2H3,(H,43,53)(H,44,50). The van der Waals surface area contributed by atoms with Gasteiger partial charge in [0.25, 0.3) is 0 Å². The van der Waals surface area contributed by atoms with Crippen LogP contribution in [0.2, 0.25) is 0 Å². The SMILES string of the molecule is CCc1cccc(C)c1N1C(=O)CSC1=NC(=S)NC(Cc1ccc(-c2ncn(-c3ccc(OC(F)(F)F)cc3)n2)cc1)NC(=O)OCc1ccccc1. The molecule has 54 heavy (non-hydrogen) atoms. The third-order valence-electron chi connectivity index (χ3n) is 8.17. The maximum atomic E-state index is 13.1. The Morgan fingerprint density at radius 1 is 0.981 bits per heavy atom. The van der Waals surface area contributed by atoms with E-state index in [0.717, 1.165) is 34.4 Å². The molecule has 4 aromatic carbocycles. The van der Waals surface area contributed by atoms with Gasteiger partial charge in [-0.05, 0) is 72.1 Å². The van der Waals surface area contributed by atoms with Crippen molar-refractivity contribution in [1.82, 2.24) is 25.4 Å². The Bertz CT molecular complexity index is 2150. The molecular formula is C38H34F3N7O4S2. The van der Waals surface area contributed by atoms with Crippen molar-refractivity contribution in [2.24, 2.45) is 4.99 Å². The van der Waals surface area contributed by atoms with Crippen LogP contribution >= 0.6 is 24.0 Å². The molecule has 1 saturated heterocycles. The number of thiocarbonyl (C=S) groups is 1. The Labute approximate surface area is 318 Å². The normalized spacial score (nSPS) is 14.2. The molecular weight excluding hydrogens is 740 g/mol. The van der Waals surface area contributed by atoms with Crippen LogP contribution in [0.15, 0.2) is 108 Å². The van der Waals surface area contributed by atoms with Crippen molar-refractivity contribution in [3.63, 3.8) is 0 Å². The van der Waals surface area contributed by atoms with Crippen LogP contribution in [0.5, 0.6) is 5.75 Å². The number of aliphatic imine (C=N–C) groups is 1. The van der Waals surface area contributed by atoms with Crippen molar-refractivity contribution in [2.75, 3.05) is 10.7 Å². The van der Waals surface area contributed by atoms with E-state index >= 15 is 0 Å². The minimum atomic E-state index is -4.79. The number of carbonyl (C=O) groups is 2. The highest BCUT2D eigenvalue weighted by atomic mass is 32.2. The molecule has 0 aliphatic carbocycles. The van der Waals surface area contributed by atoms with E-state index in [1.54, 1.807) is 4.90 Å². The van der Waals surface area contributed by atoms with Gasteiger partial charge in [-0.15, -0.1) is 18.3 Å². The molecule has 0 saturated carbocycles. The van der Waals surface area contributed by atoms with Crippen LogP contribution in [0.1, 0.15) is 29.2 Å². The number of aromatic nitrogens is 3. The van der Waals surface area contributed by atoms with E-state index < -0.39 is 18.6 Å². The zero-order chi connectivity index (χ0) is 38.2. The molecule has 1 aliphatic heterocycles. The van der Waals surface area contributed by atoms with Crippen molar-refractivity contribution >= 4 is 51.9 Å². The highest BCUT2D eigenvalue weighted by Crippen LogP contribution is 2.33. The van der Waals surface area contributed by atoms with E-state index in [9.17, 15) is 22.8 Å². The van der Waals surface area contributed by atoms with Crippen molar-refractivity contribution < 1.29 is 32.2 Å².